The number of hydrogen-bond acceptors (Lipinski definition) is 9. The Balaban J connectivity index is 0.000000303. The van der Waals surface area contributed by atoms with Crippen LogP contribution in [-0.2, 0) is 17.9 Å². The molecule has 15 heteroatoms. The second-order valence-corrected chi connectivity index (χ2v) is 10.4. The summed E-state index contributed by atoms with van der Waals surface area (Å²) in [7, 11) is 3.39. The lowest BCUT2D eigenvalue weighted by Crippen LogP contribution is -2.26. The Hall–Kier alpha value is -6.95. The third-order valence-electron chi connectivity index (χ3n) is 6.42. The quantitative estimate of drug-likeness (QED) is 0.154. The van der Waals surface area contributed by atoms with Crippen LogP contribution in [0.15, 0.2) is 103 Å². The summed E-state index contributed by atoms with van der Waals surface area (Å²) >= 11 is 0. The maximum Gasteiger partial charge on any atom is 0.300 e. The number of nitrogens with zero attached hydrogens (tertiary/aromatic N) is 7. The second-order valence-electron chi connectivity index (χ2n) is 10.4. The van der Waals surface area contributed by atoms with E-state index in [-0.39, 0.29) is 23.4 Å². The molecule has 0 fully saturated rings. The molecule has 262 valence electrons. The number of nitrogens with one attached hydrogen (secondary N) is 1. The summed E-state index contributed by atoms with van der Waals surface area (Å²) in [5.74, 6) is -1.46. The zero-order chi connectivity index (χ0) is 37.8. The summed E-state index contributed by atoms with van der Waals surface area (Å²) in [6.07, 6.45) is 2.02. The van der Waals surface area contributed by atoms with Crippen molar-refractivity contribution < 1.29 is 28.3 Å². The Morgan fingerprint density at radius 2 is 1.12 bits per heavy atom. The maximum absolute atomic E-state index is 12.9. The molecule has 2 amide bonds. The normalized spacial score (nSPS) is 9.49. The Morgan fingerprint density at radius 3 is 1.47 bits per heavy atom. The molecule has 1 aromatic heterocycles. The summed E-state index contributed by atoms with van der Waals surface area (Å²) < 4.78 is 25.8. The van der Waals surface area contributed by atoms with Crippen molar-refractivity contribution in [2.75, 3.05) is 14.1 Å². The predicted octanol–water partition coefficient (Wildman–Crippen LogP) is 4.96. The maximum atomic E-state index is 12.9. The van der Waals surface area contributed by atoms with Crippen LogP contribution in [-0.4, -0.2) is 73.5 Å². The third-order valence-corrected chi connectivity index (χ3v) is 6.42. The molecule has 0 saturated heterocycles. The van der Waals surface area contributed by atoms with Gasteiger partial charge in [-0.05, 0) is 71.8 Å². The lowest BCUT2D eigenvalue weighted by atomic mass is 10.1. The number of carboxylic acid groups (broad SMARTS) is 1. The number of amides is 2. The average Bonchev–Trinajstić information content (AvgIpc) is 3.13. The van der Waals surface area contributed by atoms with Crippen molar-refractivity contribution in [2.45, 2.75) is 20.0 Å². The molecule has 51 heavy (non-hydrogen) atoms. The van der Waals surface area contributed by atoms with Crippen LogP contribution in [0.2, 0.25) is 0 Å². The fourth-order valence-electron chi connectivity index (χ4n) is 4.08. The van der Waals surface area contributed by atoms with Crippen molar-refractivity contribution >= 4 is 24.1 Å². The molecule has 0 unspecified atom stereocenters. The topological polar surface area (TPSA) is 203 Å². The van der Waals surface area contributed by atoms with E-state index in [0.29, 0.717) is 35.6 Å². The number of aromatic nitrogens is 4. The van der Waals surface area contributed by atoms with E-state index < -0.39 is 5.97 Å². The zero-order valence-electron chi connectivity index (χ0n) is 27.9. The van der Waals surface area contributed by atoms with Gasteiger partial charge in [-0.1, -0.05) is 36.4 Å². The minimum absolute atomic E-state index is 0.168. The standard InChI is InChI=1S/C17H14FN5O.C16H13FN2O.C2H4O2.CH4N2/c1-23(17(24)14-6-8-15(18)9-7-14)10-12-2-4-13(5-3-12)16-21-19-11-20-22-16;1-19(11-13-4-2-12(10-18)3-5-13)16(20)14-6-8-15(17)9-7-14;1-2(3)4;2-1-3/h2-9,11H,10H2,1H3;2-9H,11H2,1H3;1H3,(H,3,4);1H,(H3,2,3). The monoisotopic (exact) mass is 695 g/mol. The molecule has 0 saturated carbocycles. The van der Waals surface area contributed by atoms with Crippen LogP contribution in [0, 0.1) is 28.4 Å². The van der Waals surface area contributed by atoms with Gasteiger partial charge in [-0.15, -0.1) is 20.4 Å². The number of rotatable bonds is 7. The number of nitriles is 1. The first-order valence-electron chi connectivity index (χ1n) is 14.9. The van der Waals surface area contributed by atoms with Gasteiger partial charge < -0.3 is 20.6 Å². The number of halogens is 2. The fourth-order valence-corrected chi connectivity index (χ4v) is 4.08. The summed E-state index contributed by atoms with van der Waals surface area (Å²) in [4.78, 5) is 36.6. The molecule has 0 aliphatic heterocycles. The van der Waals surface area contributed by atoms with E-state index in [0.717, 1.165) is 30.0 Å². The molecule has 0 radical (unpaired) electrons. The number of nitrogens with two attached hydrogens (primary N) is 1. The van der Waals surface area contributed by atoms with Gasteiger partial charge in [0.2, 0.25) is 5.82 Å². The van der Waals surface area contributed by atoms with E-state index in [1.54, 1.807) is 36.0 Å². The predicted molar refractivity (Wildman–Crippen MR) is 185 cm³/mol. The van der Waals surface area contributed by atoms with Crippen molar-refractivity contribution in [1.29, 1.82) is 10.7 Å². The SMILES string of the molecule is CC(=O)O.CN(Cc1ccc(-c2nncnn2)cc1)C(=O)c1ccc(F)cc1.CN(Cc1ccc(C#N)cc1)C(=O)c1ccc(F)cc1.N=CN. The minimum atomic E-state index is -0.833. The Kier molecular flexibility index (Phi) is 16.6. The highest BCUT2D eigenvalue weighted by molar-refractivity contribution is 5.94. The van der Waals surface area contributed by atoms with Crippen LogP contribution < -0.4 is 5.73 Å². The number of carbonyl (C=O) groups excluding carboxylic acids is 2. The number of carbonyl (C=O) groups is 3. The van der Waals surface area contributed by atoms with Crippen molar-refractivity contribution in [2.24, 2.45) is 5.73 Å². The molecular formula is C36H35F2N9O4. The number of aliphatic carboxylic acids is 1. The number of benzene rings is 4. The first kappa shape index (κ1) is 40.2. The van der Waals surface area contributed by atoms with Crippen molar-refractivity contribution in [3.8, 4) is 17.5 Å². The number of carboxylic acids is 1. The van der Waals surface area contributed by atoms with Crippen LogP contribution in [0.1, 0.15) is 44.3 Å². The van der Waals surface area contributed by atoms with Crippen LogP contribution in [0.4, 0.5) is 8.78 Å². The van der Waals surface area contributed by atoms with Crippen molar-refractivity contribution in [3.05, 3.63) is 143 Å². The average molecular weight is 696 g/mol. The van der Waals surface area contributed by atoms with Gasteiger partial charge in [0.1, 0.15) is 11.6 Å². The lowest BCUT2D eigenvalue weighted by molar-refractivity contribution is -0.134. The minimum Gasteiger partial charge on any atom is -0.481 e. The van der Waals surface area contributed by atoms with Gasteiger partial charge >= 0.3 is 0 Å². The molecule has 4 aromatic carbocycles. The van der Waals surface area contributed by atoms with Gasteiger partial charge in [0.05, 0.1) is 18.0 Å². The van der Waals surface area contributed by atoms with Gasteiger partial charge in [-0.3, -0.25) is 19.8 Å². The fraction of sp³-hybridized carbons (Fsp3) is 0.139. The molecule has 5 aromatic rings. The van der Waals surface area contributed by atoms with Gasteiger partial charge in [0.25, 0.3) is 17.8 Å². The van der Waals surface area contributed by atoms with E-state index in [2.05, 4.69) is 26.1 Å². The molecule has 0 aliphatic rings. The van der Waals surface area contributed by atoms with E-state index in [1.807, 2.05) is 42.5 Å². The molecule has 0 bridgehead atoms. The van der Waals surface area contributed by atoms with Crippen molar-refractivity contribution in [1.82, 2.24) is 30.2 Å². The van der Waals surface area contributed by atoms with Crippen LogP contribution >= 0.6 is 0 Å². The Morgan fingerprint density at radius 1 is 0.765 bits per heavy atom. The molecule has 0 spiro atoms. The van der Waals surface area contributed by atoms with Crippen molar-refractivity contribution in [3.63, 3.8) is 0 Å². The Labute approximate surface area is 293 Å². The third kappa shape index (κ3) is 14.4. The highest BCUT2D eigenvalue weighted by Crippen LogP contribution is 2.16. The van der Waals surface area contributed by atoms with Crippen LogP contribution in [0.25, 0.3) is 11.4 Å². The summed E-state index contributed by atoms with van der Waals surface area (Å²) in [5, 5.41) is 37.2. The van der Waals surface area contributed by atoms with E-state index in [9.17, 15) is 18.4 Å². The van der Waals surface area contributed by atoms with Gasteiger partial charge in [-0.2, -0.15) is 5.26 Å². The van der Waals surface area contributed by atoms with Gasteiger partial charge in [0, 0.05) is 50.8 Å². The highest BCUT2D eigenvalue weighted by Gasteiger charge is 2.13. The van der Waals surface area contributed by atoms with Crippen LogP contribution in [0.3, 0.4) is 0 Å². The second kappa shape index (κ2) is 21.1. The summed E-state index contributed by atoms with van der Waals surface area (Å²) in [6.45, 7) is 1.95. The lowest BCUT2D eigenvalue weighted by Gasteiger charge is -2.17. The Bertz CT molecular complexity index is 1880. The van der Waals surface area contributed by atoms with Crippen LogP contribution in [0.5, 0.6) is 0 Å². The van der Waals surface area contributed by atoms with Gasteiger partial charge in [0.15, 0.2) is 6.33 Å². The van der Waals surface area contributed by atoms with E-state index in [1.165, 1.54) is 54.9 Å². The molecule has 13 nitrogen and oxygen atoms in total. The molecule has 0 aliphatic carbocycles. The molecule has 4 N–H and O–H groups in total. The molecule has 5 rings (SSSR count). The van der Waals surface area contributed by atoms with Gasteiger partial charge in [-0.25, -0.2) is 8.78 Å². The molecular weight excluding hydrogens is 660 g/mol. The molecule has 1 heterocycles. The summed E-state index contributed by atoms with van der Waals surface area (Å²) in [6, 6.07) is 27.5. The van der Waals surface area contributed by atoms with E-state index >= 15 is 0 Å². The zero-order valence-corrected chi connectivity index (χ0v) is 27.9. The number of hydrogen-bond donors (Lipinski definition) is 3. The highest BCUT2D eigenvalue weighted by atomic mass is 19.1. The first-order chi connectivity index (χ1) is 24.4. The van der Waals surface area contributed by atoms with E-state index in [4.69, 9.17) is 20.6 Å². The molecule has 0 atom stereocenters. The largest absolute Gasteiger partial charge is 0.481 e. The smallest absolute Gasteiger partial charge is 0.300 e. The first-order valence-corrected chi connectivity index (χ1v) is 14.9. The summed E-state index contributed by atoms with van der Waals surface area (Å²) in [5.41, 5.74) is 8.55.